The Labute approximate surface area is 123 Å². The van der Waals surface area contributed by atoms with Crippen LogP contribution in [-0.4, -0.2) is 59.6 Å². The number of rotatable bonds is 5. The van der Waals surface area contributed by atoms with Crippen LogP contribution < -0.4 is 5.32 Å². The number of amides is 1. The largest absolute Gasteiger partial charge is 0.379 e. The van der Waals surface area contributed by atoms with Crippen molar-refractivity contribution in [1.29, 1.82) is 0 Å². The van der Waals surface area contributed by atoms with Gasteiger partial charge in [-0.3, -0.25) is 9.69 Å². The average molecular weight is 288 g/mol. The van der Waals surface area contributed by atoms with Gasteiger partial charge in [0, 0.05) is 32.0 Å². The standard InChI is InChI=1S/C15H20N4O2/c20-15(13-12-19-7-2-1-4-14(19)17-13)16-5-3-6-18-8-10-21-11-9-18/h1-2,4,7,12H,3,5-6,8-11H2,(H,16,20). The number of carbonyl (C=O) groups excluding carboxylic acids is 1. The van der Waals surface area contributed by atoms with Gasteiger partial charge < -0.3 is 14.5 Å². The number of hydrogen-bond acceptors (Lipinski definition) is 4. The maximum atomic E-state index is 12.0. The molecule has 0 saturated carbocycles. The molecule has 1 saturated heterocycles. The molecule has 1 amide bonds. The summed E-state index contributed by atoms with van der Waals surface area (Å²) in [6.45, 7) is 5.26. The molecule has 1 aliphatic rings. The van der Waals surface area contributed by atoms with Gasteiger partial charge in [0.25, 0.3) is 5.91 Å². The third-order valence-corrected chi connectivity index (χ3v) is 3.64. The quantitative estimate of drug-likeness (QED) is 0.826. The molecule has 2 aromatic rings. The van der Waals surface area contributed by atoms with Crippen LogP contribution in [0.25, 0.3) is 5.65 Å². The minimum absolute atomic E-state index is 0.110. The van der Waals surface area contributed by atoms with E-state index in [1.807, 2.05) is 28.8 Å². The van der Waals surface area contributed by atoms with Crippen molar-refractivity contribution in [3.05, 3.63) is 36.3 Å². The summed E-state index contributed by atoms with van der Waals surface area (Å²) >= 11 is 0. The first-order valence-electron chi connectivity index (χ1n) is 7.35. The van der Waals surface area contributed by atoms with Crippen molar-refractivity contribution in [3.8, 4) is 0 Å². The van der Waals surface area contributed by atoms with Gasteiger partial charge in [-0.2, -0.15) is 0 Å². The molecule has 0 aromatic carbocycles. The van der Waals surface area contributed by atoms with Gasteiger partial charge in [-0.25, -0.2) is 4.98 Å². The number of pyridine rings is 1. The molecule has 6 nitrogen and oxygen atoms in total. The van der Waals surface area contributed by atoms with Crippen molar-refractivity contribution >= 4 is 11.6 Å². The van der Waals surface area contributed by atoms with E-state index in [1.54, 1.807) is 6.20 Å². The number of nitrogens with zero attached hydrogens (tertiary/aromatic N) is 3. The minimum atomic E-state index is -0.110. The Morgan fingerprint density at radius 3 is 3.00 bits per heavy atom. The highest BCUT2D eigenvalue weighted by atomic mass is 16.5. The van der Waals surface area contributed by atoms with Crippen LogP contribution in [0, 0.1) is 0 Å². The zero-order valence-electron chi connectivity index (χ0n) is 12.0. The molecule has 0 unspecified atom stereocenters. The Balaban J connectivity index is 1.45. The summed E-state index contributed by atoms with van der Waals surface area (Å²) in [6.07, 6.45) is 4.59. The summed E-state index contributed by atoms with van der Waals surface area (Å²) in [6, 6.07) is 5.71. The summed E-state index contributed by atoms with van der Waals surface area (Å²) in [5, 5.41) is 2.93. The van der Waals surface area contributed by atoms with Gasteiger partial charge in [-0.15, -0.1) is 0 Å². The molecule has 1 aliphatic heterocycles. The first-order valence-corrected chi connectivity index (χ1v) is 7.35. The van der Waals surface area contributed by atoms with E-state index in [1.165, 1.54) is 0 Å². The topological polar surface area (TPSA) is 58.9 Å². The Morgan fingerprint density at radius 1 is 1.33 bits per heavy atom. The normalized spacial score (nSPS) is 16.2. The van der Waals surface area contributed by atoms with Crippen LogP contribution in [0.15, 0.2) is 30.6 Å². The van der Waals surface area contributed by atoms with E-state index in [-0.39, 0.29) is 5.91 Å². The first-order chi connectivity index (χ1) is 10.3. The van der Waals surface area contributed by atoms with Gasteiger partial charge in [0.2, 0.25) is 0 Å². The third kappa shape index (κ3) is 3.59. The molecule has 3 rings (SSSR count). The highest BCUT2D eigenvalue weighted by molar-refractivity contribution is 5.92. The SMILES string of the molecule is O=C(NCCCN1CCOCC1)c1cn2ccccc2n1. The van der Waals surface area contributed by atoms with E-state index >= 15 is 0 Å². The molecule has 0 spiro atoms. The van der Waals surface area contributed by atoms with Crippen molar-refractivity contribution in [1.82, 2.24) is 19.6 Å². The Kier molecular flexibility index (Phi) is 4.47. The zero-order valence-corrected chi connectivity index (χ0v) is 12.0. The van der Waals surface area contributed by atoms with Crippen LogP contribution in [0.4, 0.5) is 0 Å². The van der Waals surface area contributed by atoms with Gasteiger partial charge >= 0.3 is 0 Å². The third-order valence-electron chi connectivity index (χ3n) is 3.64. The summed E-state index contributed by atoms with van der Waals surface area (Å²) in [7, 11) is 0. The lowest BCUT2D eigenvalue weighted by Gasteiger charge is -2.26. The van der Waals surface area contributed by atoms with Crippen LogP contribution in [0.5, 0.6) is 0 Å². The Bertz CT molecular complexity index is 571. The van der Waals surface area contributed by atoms with E-state index in [4.69, 9.17) is 4.74 Å². The molecule has 6 heteroatoms. The molecule has 0 atom stereocenters. The number of hydrogen-bond donors (Lipinski definition) is 1. The smallest absolute Gasteiger partial charge is 0.271 e. The van der Waals surface area contributed by atoms with Gasteiger partial charge in [-0.05, 0) is 25.1 Å². The summed E-state index contributed by atoms with van der Waals surface area (Å²) in [4.78, 5) is 18.7. The number of carbonyl (C=O) groups is 1. The van der Waals surface area contributed by atoms with Crippen molar-refractivity contribution < 1.29 is 9.53 Å². The lowest BCUT2D eigenvalue weighted by Crippen LogP contribution is -2.38. The molecular formula is C15H20N4O2. The van der Waals surface area contributed by atoms with Crippen molar-refractivity contribution in [2.45, 2.75) is 6.42 Å². The maximum absolute atomic E-state index is 12.0. The molecular weight excluding hydrogens is 268 g/mol. The van der Waals surface area contributed by atoms with E-state index < -0.39 is 0 Å². The van der Waals surface area contributed by atoms with E-state index in [0.29, 0.717) is 12.2 Å². The molecule has 0 bridgehead atoms. The van der Waals surface area contributed by atoms with Gasteiger partial charge in [0.15, 0.2) is 0 Å². The van der Waals surface area contributed by atoms with Crippen LogP contribution in [0.1, 0.15) is 16.9 Å². The molecule has 0 radical (unpaired) electrons. The number of ether oxygens (including phenoxy) is 1. The van der Waals surface area contributed by atoms with Crippen molar-refractivity contribution in [3.63, 3.8) is 0 Å². The predicted octanol–water partition coefficient (Wildman–Crippen LogP) is 0.786. The highest BCUT2D eigenvalue weighted by Gasteiger charge is 2.11. The second-order valence-electron chi connectivity index (χ2n) is 5.16. The fourth-order valence-corrected chi connectivity index (χ4v) is 2.46. The fraction of sp³-hybridized carbons (Fsp3) is 0.467. The van der Waals surface area contributed by atoms with Crippen LogP contribution in [0.2, 0.25) is 0 Å². The highest BCUT2D eigenvalue weighted by Crippen LogP contribution is 2.04. The number of nitrogens with one attached hydrogen (secondary N) is 1. The molecule has 2 aromatic heterocycles. The lowest BCUT2D eigenvalue weighted by molar-refractivity contribution is 0.0374. The zero-order chi connectivity index (χ0) is 14.5. The predicted molar refractivity (Wildman–Crippen MR) is 79.4 cm³/mol. The van der Waals surface area contributed by atoms with Crippen LogP contribution >= 0.6 is 0 Å². The van der Waals surface area contributed by atoms with E-state index in [2.05, 4.69) is 15.2 Å². The molecule has 1 fully saturated rings. The van der Waals surface area contributed by atoms with Gasteiger partial charge in [0.1, 0.15) is 11.3 Å². The molecule has 21 heavy (non-hydrogen) atoms. The molecule has 0 aliphatic carbocycles. The number of fused-ring (bicyclic) bond motifs is 1. The summed E-state index contributed by atoms with van der Waals surface area (Å²) in [5.41, 5.74) is 1.25. The second-order valence-corrected chi connectivity index (χ2v) is 5.16. The second kappa shape index (κ2) is 6.69. The lowest BCUT2D eigenvalue weighted by atomic mass is 10.3. The monoisotopic (exact) mass is 288 g/mol. The van der Waals surface area contributed by atoms with Crippen molar-refractivity contribution in [2.24, 2.45) is 0 Å². The number of aromatic nitrogens is 2. The number of imidazole rings is 1. The minimum Gasteiger partial charge on any atom is -0.379 e. The van der Waals surface area contributed by atoms with Crippen LogP contribution in [0.3, 0.4) is 0 Å². The van der Waals surface area contributed by atoms with Gasteiger partial charge in [0.05, 0.1) is 13.2 Å². The molecule has 1 N–H and O–H groups in total. The first kappa shape index (κ1) is 14.0. The Morgan fingerprint density at radius 2 is 2.19 bits per heavy atom. The van der Waals surface area contributed by atoms with Gasteiger partial charge in [-0.1, -0.05) is 6.07 Å². The maximum Gasteiger partial charge on any atom is 0.271 e. The van der Waals surface area contributed by atoms with Crippen LogP contribution in [-0.2, 0) is 4.74 Å². The molecule has 3 heterocycles. The molecule has 112 valence electrons. The summed E-state index contributed by atoms with van der Waals surface area (Å²) in [5.74, 6) is -0.110. The Hall–Kier alpha value is -1.92. The fourth-order valence-electron chi connectivity index (χ4n) is 2.46. The average Bonchev–Trinajstić information content (AvgIpc) is 2.96. The number of morpholine rings is 1. The summed E-state index contributed by atoms with van der Waals surface area (Å²) < 4.78 is 7.16. The van der Waals surface area contributed by atoms with E-state index in [0.717, 1.165) is 44.9 Å². The van der Waals surface area contributed by atoms with E-state index in [9.17, 15) is 4.79 Å². The van der Waals surface area contributed by atoms with Crippen molar-refractivity contribution in [2.75, 3.05) is 39.4 Å².